The lowest BCUT2D eigenvalue weighted by atomic mass is 10.2. The van der Waals surface area contributed by atoms with Gasteiger partial charge in [0.05, 0.1) is 29.3 Å². The third-order valence-electron chi connectivity index (χ3n) is 4.04. The van der Waals surface area contributed by atoms with Crippen molar-refractivity contribution in [3.05, 3.63) is 71.6 Å². The number of benzene rings is 2. The minimum Gasteiger partial charge on any atom is -0.459 e. The molecule has 32 heavy (non-hydrogen) atoms. The summed E-state index contributed by atoms with van der Waals surface area (Å²) in [6, 6.07) is 13.7. The molecule has 3 N–H and O–H groups in total. The summed E-state index contributed by atoms with van der Waals surface area (Å²) in [6.45, 7) is 1.91. The molecule has 0 saturated carbocycles. The summed E-state index contributed by atoms with van der Waals surface area (Å²) >= 11 is 10.4. The average molecular weight is 475 g/mol. The zero-order valence-corrected chi connectivity index (χ0v) is 18.4. The molecule has 0 bridgehead atoms. The number of nitrogens with zero attached hydrogens (tertiary/aromatic N) is 1. The van der Waals surface area contributed by atoms with Crippen LogP contribution in [0, 0.1) is 0 Å². The number of hydrogen-bond donors (Lipinski definition) is 4. The topological polar surface area (TPSA) is 113 Å². The van der Waals surface area contributed by atoms with Gasteiger partial charge in [-0.3, -0.25) is 10.1 Å². The Labute approximate surface area is 194 Å². The number of nitrogens with one attached hydrogen (secondary N) is 3. The van der Waals surface area contributed by atoms with Gasteiger partial charge in [0.15, 0.2) is 5.76 Å². The van der Waals surface area contributed by atoms with E-state index < -0.39 is 12.1 Å². The second kappa shape index (κ2) is 10.6. The molecule has 1 heterocycles. The lowest BCUT2D eigenvalue weighted by Crippen LogP contribution is -2.26. The van der Waals surface area contributed by atoms with Gasteiger partial charge in [-0.1, -0.05) is 24.4 Å². The van der Waals surface area contributed by atoms with E-state index in [-0.39, 0.29) is 23.3 Å². The van der Waals surface area contributed by atoms with Gasteiger partial charge in [-0.25, -0.2) is 13.9 Å². The van der Waals surface area contributed by atoms with Crippen molar-refractivity contribution in [1.82, 2.24) is 0 Å². The summed E-state index contributed by atoms with van der Waals surface area (Å²) in [7, 11) is 0. The first-order chi connectivity index (χ1) is 15.4. The number of urea groups is 1. The number of thiol groups is 1. The molecule has 0 aliphatic rings. The molecule has 0 fully saturated rings. The summed E-state index contributed by atoms with van der Waals surface area (Å²) in [4.78, 5) is 36.0. The molecule has 3 rings (SSSR count). The van der Waals surface area contributed by atoms with Crippen molar-refractivity contribution in [2.75, 3.05) is 26.9 Å². The van der Waals surface area contributed by atoms with Gasteiger partial charge >= 0.3 is 12.1 Å². The third kappa shape index (κ3) is 5.96. The number of anilines is 4. The lowest BCUT2D eigenvalue weighted by molar-refractivity contribution is 0.0996. The Hall–Kier alpha value is -3.63. The van der Waals surface area contributed by atoms with Gasteiger partial charge in [-0.05, 0) is 61.5 Å². The Morgan fingerprint density at radius 2 is 1.72 bits per heavy atom. The Kier molecular flexibility index (Phi) is 7.63. The van der Waals surface area contributed by atoms with Gasteiger partial charge in [-0.15, -0.1) is 0 Å². The van der Waals surface area contributed by atoms with E-state index in [1.165, 1.54) is 18.4 Å². The zero-order valence-electron chi connectivity index (χ0n) is 16.8. The second-order valence-corrected chi connectivity index (χ2v) is 7.07. The van der Waals surface area contributed by atoms with Gasteiger partial charge in [0.1, 0.15) is 0 Å². The molecular formula is C21H19ClN4O5S. The van der Waals surface area contributed by atoms with E-state index in [0.717, 1.165) is 4.31 Å². The van der Waals surface area contributed by atoms with Crippen LogP contribution in [0.2, 0.25) is 5.02 Å². The molecular weight excluding hydrogens is 456 g/mol. The van der Waals surface area contributed by atoms with Gasteiger partial charge in [0.25, 0.3) is 5.91 Å². The Morgan fingerprint density at radius 1 is 1.03 bits per heavy atom. The molecule has 4 amide bonds. The quantitative estimate of drug-likeness (QED) is 0.345. The van der Waals surface area contributed by atoms with Gasteiger partial charge in [-0.2, -0.15) is 0 Å². The van der Waals surface area contributed by atoms with Crippen LogP contribution in [0.4, 0.5) is 32.3 Å². The molecule has 0 radical (unpaired) electrons. The van der Waals surface area contributed by atoms with Crippen molar-refractivity contribution in [2.24, 2.45) is 0 Å². The fourth-order valence-corrected chi connectivity index (χ4v) is 2.94. The number of rotatable bonds is 6. The van der Waals surface area contributed by atoms with E-state index in [9.17, 15) is 14.4 Å². The molecule has 9 nitrogen and oxygen atoms in total. The fraction of sp³-hybridized carbons (Fsp3) is 0.0952. The standard InChI is InChI=1S/C21H19ClN4O5S/c1-2-30-21(29)25-17-10-9-15(12-16(17)22)26(32)20(28)24-14-7-5-13(6-8-14)23-19(27)18-4-3-11-31-18/h3-12,32H,2H2,1H3,(H,23,27)(H,24,28)(H,25,29). The molecule has 0 spiro atoms. The van der Waals surface area contributed by atoms with Crippen LogP contribution in [0.1, 0.15) is 17.5 Å². The number of carbonyl (C=O) groups excluding carboxylic acids is 3. The van der Waals surface area contributed by atoms with Crippen molar-refractivity contribution in [3.63, 3.8) is 0 Å². The Morgan fingerprint density at radius 3 is 2.31 bits per heavy atom. The normalized spacial score (nSPS) is 10.2. The van der Waals surface area contributed by atoms with Crippen molar-refractivity contribution in [2.45, 2.75) is 6.92 Å². The number of hydrogen-bond acceptors (Lipinski definition) is 6. The van der Waals surface area contributed by atoms with Crippen molar-refractivity contribution in [1.29, 1.82) is 0 Å². The minimum absolute atomic E-state index is 0.190. The zero-order chi connectivity index (χ0) is 23.1. The number of halogens is 1. The predicted molar refractivity (Wildman–Crippen MR) is 126 cm³/mol. The van der Waals surface area contributed by atoms with Crippen LogP contribution in [-0.2, 0) is 4.74 Å². The number of amides is 4. The smallest absolute Gasteiger partial charge is 0.411 e. The fourth-order valence-electron chi connectivity index (χ4n) is 2.55. The summed E-state index contributed by atoms with van der Waals surface area (Å²) < 4.78 is 10.9. The van der Waals surface area contributed by atoms with E-state index in [1.807, 2.05) is 0 Å². The summed E-state index contributed by atoms with van der Waals surface area (Å²) in [5, 5.41) is 8.07. The highest BCUT2D eigenvalue weighted by Crippen LogP contribution is 2.29. The summed E-state index contributed by atoms with van der Waals surface area (Å²) in [6.07, 6.45) is 0.778. The van der Waals surface area contributed by atoms with Crippen LogP contribution in [-0.4, -0.2) is 24.6 Å². The third-order valence-corrected chi connectivity index (χ3v) is 4.77. The van der Waals surface area contributed by atoms with Gasteiger partial charge < -0.3 is 19.8 Å². The highest BCUT2D eigenvalue weighted by Gasteiger charge is 2.15. The van der Waals surface area contributed by atoms with Crippen molar-refractivity contribution >= 4 is 65.2 Å². The molecule has 0 aliphatic heterocycles. The van der Waals surface area contributed by atoms with E-state index in [1.54, 1.807) is 49.4 Å². The molecule has 0 saturated heterocycles. The maximum Gasteiger partial charge on any atom is 0.411 e. The average Bonchev–Trinajstić information content (AvgIpc) is 3.31. The molecule has 0 unspecified atom stereocenters. The first-order valence-corrected chi connectivity index (χ1v) is 10.1. The monoisotopic (exact) mass is 474 g/mol. The minimum atomic E-state index is -0.633. The molecule has 3 aromatic rings. The van der Waals surface area contributed by atoms with E-state index in [2.05, 4.69) is 28.8 Å². The highest BCUT2D eigenvalue weighted by molar-refractivity contribution is 7.82. The van der Waals surface area contributed by atoms with E-state index in [4.69, 9.17) is 20.8 Å². The van der Waals surface area contributed by atoms with E-state index in [0.29, 0.717) is 22.7 Å². The molecule has 166 valence electrons. The number of carbonyl (C=O) groups is 3. The molecule has 2 aromatic carbocycles. The Balaban J connectivity index is 1.59. The largest absolute Gasteiger partial charge is 0.459 e. The maximum absolute atomic E-state index is 12.5. The number of ether oxygens (including phenoxy) is 1. The van der Waals surface area contributed by atoms with Crippen LogP contribution in [0.3, 0.4) is 0 Å². The van der Waals surface area contributed by atoms with Crippen molar-refractivity contribution in [3.8, 4) is 0 Å². The van der Waals surface area contributed by atoms with Crippen LogP contribution >= 0.6 is 24.4 Å². The maximum atomic E-state index is 12.5. The van der Waals surface area contributed by atoms with Crippen LogP contribution in [0.15, 0.2) is 65.3 Å². The number of furan rings is 1. The molecule has 0 aliphatic carbocycles. The first-order valence-electron chi connectivity index (χ1n) is 9.35. The highest BCUT2D eigenvalue weighted by atomic mass is 35.5. The van der Waals surface area contributed by atoms with Gasteiger partial charge in [0.2, 0.25) is 0 Å². The summed E-state index contributed by atoms with van der Waals surface area (Å²) in [5.41, 5.74) is 1.73. The van der Waals surface area contributed by atoms with Crippen LogP contribution in [0.5, 0.6) is 0 Å². The van der Waals surface area contributed by atoms with Crippen molar-refractivity contribution < 1.29 is 23.5 Å². The Bertz CT molecular complexity index is 1110. The lowest BCUT2D eigenvalue weighted by Gasteiger charge is -2.18. The second-order valence-electron chi connectivity index (χ2n) is 6.26. The SMILES string of the molecule is CCOC(=O)Nc1ccc(N(S)C(=O)Nc2ccc(NC(=O)c3ccco3)cc2)cc1Cl. The molecule has 1 aromatic heterocycles. The van der Waals surface area contributed by atoms with Crippen LogP contribution in [0.25, 0.3) is 0 Å². The molecule has 11 heteroatoms. The van der Waals surface area contributed by atoms with Gasteiger partial charge in [0, 0.05) is 11.4 Å². The first kappa shape index (κ1) is 23.0. The molecule has 0 atom stereocenters. The van der Waals surface area contributed by atoms with Crippen LogP contribution < -0.4 is 20.3 Å². The predicted octanol–water partition coefficient (Wildman–Crippen LogP) is 5.64. The summed E-state index contributed by atoms with van der Waals surface area (Å²) in [5.74, 6) is -0.193. The van der Waals surface area contributed by atoms with E-state index >= 15 is 0 Å².